The summed E-state index contributed by atoms with van der Waals surface area (Å²) in [6, 6.07) is 0. The van der Waals surface area contributed by atoms with E-state index in [9.17, 15) is 5.11 Å². The fraction of sp³-hybridized carbons (Fsp3) is 1.00. The SMILES string of the molecule is C[C@H]1CC[C@@](C(C)(C)C)(C(C)(C)O)O1. The van der Waals surface area contributed by atoms with Crippen molar-refractivity contribution in [2.45, 2.75) is 71.7 Å². The van der Waals surface area contributed by atoms with E-state index in [1.165, 1.54) is 0 Å². The van der Waals surface area contributed by atoms with Crippen molar-refractivity contribution in [1.29, 1.82) is 0 Å². The lowest BCUT2D eigenvalue weighted by molar-refractivity contribution is -0.207. The van der Waals surface area contributed by atoms with Crippen molar-refractivity contribution in [3.8, 4) is 0 Å². The predicted octanol–water partition coefficient (Wildman–Crippen LogP) is 2.74. The zero-order chi connectivity index (χ0) is 11.2. The van der Waals surface area contributed by atoms with Crippen molar-refractivity contribution in [3.63, 3.8) is 0 Å². The predicted molar refractivity (Wildman–Crippen MR) is 58.3 cm³/mol. The first-order chi connectivity index (χ1) is 6.10. The first-order valence-electron chi connectivity index (χ1n) is 5.50. The van der Waals surface area contributed by atoms with Crippen LogP contribution in [-0.4, -0.2) is 22.4 Å². The molecule has 0 unspecified atom stereocenters. The maximum Gasteiger partial charge on any atom is 0.101 e. The van der Waals surface area contributed by atoms with Gasteiger partial charge in [-0.2, -0.15) is 0 Å². The van der Waals surface area contributed by atoms with Gasteiger partial charge in [0.05, 0.1) is 11.7 Å². The van der Waals surface area contributed by atoms with Crippen molar-refractivity contribution in [2.24, 2.45) is 5.41 Å². The molecule has 1 aliphatic rings. The highest BCUT2D eigenvalue weighted by Crippen LogP contribution is 2.50. The molecule has 1 heterocycles. The van der Waals surface area contributed by atoms with Crippen molar-refractivity contribution in [1.82, 2.24) is 0 Å². The van der Waals surface area contributed by atoms with Gasteiger partial charge in [-0.05, 0) is 39.0 Å². The average molecular weight is 200 g/mol. The summed E-state index contributed by atoms with van der Waals surface area (Å²) in [6.45, 7) is 12.2. The van der Waals surface area contributed by atoms with Crippen LogP contribution in [0.25, 0.3) is 0 Å². The monoisotopic (exact) mass is 200 g/mol. The van der Waals surface area contributed by atoms with E-state index in [0.29, 0.717) is 0 Å². The largest absolute Gasteiger partial charge is 0.387 e. The van der Waals surface area contributed by atoms with E-state index < -0.39 is 11.2 Å². The van der Waals surface area contributed by atoms with Crippen LogP contribution in [0.4, 0.5) is 0 Å². The van der Waals surface area contributed by atoms with Gasteiger partial charge in [0.1, 0.15) is 5.60 Å². The Balaban J connectivity index is 3.05. The van der Waals surface area contributed by atoms with Crippen LogP contribution < -0.4 is 0 Å². The molecule has 0 radical (unpaired) electrons. The lowest BCUT2D eigenvalue weighted by Crippen LogP contribution is -2.58. The van der Waals surface area contributed by atoms with E-state index in [1.54, 1.807) is 0 Å². The van der Waals surface area contributed by atoms with Crippen molar-refractivity contribution < 1.29 is 9.84 Å². The summed E-state index contributed by atoms with van der Waals surface area (Å²) < 4.78 is 6.03. The van der Waals surface area contributed by atoms with Gasteiger partial charge in [0.2, 0.25) is 0 Å². The second-order valence-corrected chi connectivity index (χ2v) is 6.10. The van der Waals surface area contributed by atoms with Gasteiger partial charge in [-0.25, -0.2) is 0 Å². The molecule has 0 saturated carbocycles. The smallest absolute Gasteiger partial charge is 0.101 e. The summed E-state index contributed by atoms with van der Waals surface area (Å²) in [6.07, 6.45) is 2.25. The molecular formula is C12H24O2. The van der Waals surface area contributed by atoms with Crippen LogP contribution in [0.15, 0.2) is 0 Å². The summed E-state index contributed by atoms with van der Waals surface area (Å²) in [5.41, 5.74) is -1.22. The number of rotatable bonds is 1. The minimum Gasteiger partial charge on any atom is -0.387 e. The molecule has 0 aromatic rings. The van der Waals surface area contributed by atoms with Gasteiger partial charge in [-0.1, -0.05) is 20.8 Å². The van der Waals surface area contributed by atoms with Crippen LogP contribution in [-0.2, 0) is 4.74 Å². The molecule has 2 heteroatoms. The molecule has 0 aromatic heterocycles. The maximum atomic E-state index is 10.3. The Kier molecular flexibility index (Phi) is 2.75. The van der Waals surface area contributed by atoms with Crippen LogP contribution in [0.3, 0.4) is 0 Å². The first kappa shape index (κ1) is 12.0. The Labute approximate surface area is 87.7 Å². The van der Waals surface area contributed by atoms with Crippen molar-refractivity contribution >= 4 is 0 Å². The summed E-state index contributed by atoms with van der Waals surface area (Å²) in [5, 5.41) is 10.3. The van der Waals surface area contributed by atoms with Crippen LogP contribution in [0.5, 0.6) is 0 Å². The Morgan fingerprint density at radius 2 is 1.71 bits per heavy atom. The molecule has 2 atom stereocenters. The van der Waals surface area contributed by atoms with E-state index in [4.69, 9.17) is 4.74 Å². The molecule has 2 nitrogen and oxygen atoms in total. The molecule has 1 saturated heterocycles. The molecule has 0 amide bonds. The molecule has 1 rings (SSSR count). The number of aliphatic hydroxyl groups is 1. The molecule has 0 aliphatic carbocycles. The maximum absolute atomic E-state index is 10.3. The lowest BCUT2D eigenvalue weighted by Gasteiger charge is -2.49. The molecular weight excluding hydrogens is 176 g/mol. The van der Waals surface area contributed by atoms with Gasteiger partial charge < -0.3 is 9.84 Å². The van der Waals surface area contributed by atoms with E-state index >= 15 is 0 Å². The molecule has 1 fully saturated rings. The fourth-order valence-corrected chi connectivity index (χ4v) is 2.79. The number of ether oxygens (including phenoxy) is 1. The molecule has 1 N–H and O–H groups in total. The van der Waals surface area contributed by atoms with Crippen LogP contribution in [0.1, 0.15) is 54.4 Å². The fourth-order valence-electron chi connectivity index (χ4n) is 2.79. The van der Waals surface area contributed by atoms with Gasteiger partial charge in [-0.15, -0.1) is 0 Å². The molecule has 1 aliphatic heterocycles. The zero-order valence-electron chi connectivity index (χ0n) is 10.3. The topological polar surface area (TPSA) is 29.5 Å². The van der Waals surface area contributed by atoms with Crippen LogP contribution >= 0.6 is 0 Å². The molecule has 84 valence electrons. The Morgan fingerprint density at radius 3 is 1.86 bits per heavy atom. The molecule has 14 heavy (non-hydrogen) atoms. The third-order valence-corrected chi connectivity index (χ3v) is 3.51. The molecule has 0 spiro atoms. The summed E-state index contributed by atoms with van der Waals surface area (Å²) in [5.74, 6) is 0. The second kappa shape index (κ2) is 3.21. The van der Waals surface area contributed by atoms with E-state index in [-0.39, 0.29) is 11.5 Å². The van der Waals surface area contributed by atoms with Crippen LogP contribution in [0, 0.1) is 5.41 Å². The second-order valence-electron chi connectivity index (χ2n) is 6.10. The first-order valence-corrected chi connectivity index (χ1v) is 5.50. The minimum atomic E-state index is -0.782. The van der Waals surface area contributed by atoms with Crippen molar-refractivity contribution in [2.75, 3.05) is 0 Å². The average Bonchev–Trinajstić information content (AvgIpc) is 2.28. The summed E-state index contributed by atoms with van der Waals surface area (Å²) in [4.78, 5) is 0. The number of hydrogen-bond donors (Lipinski definition) is 1. The minimum absolute atomic E-state index is 0.0317. The normalized spacial score (nSPS) is 34.9. The zero-order valence-corrected chi connectivity index (χ0v) is 10.3. The number of hydrogen-bond acceptors (Lipinski definition) is 2. The molecule has 0 aromatic carbocycles. The Hall–Kier alpha value is -0.0800. The van der Waals surface area contributed by atoms with Gasteiger partial charge >= 0.3 is 0 Å². The standard InChI is InChI=1S/C12H24O2/c1-9-7-8-12(14-9,10(2,3)4)11(5,6)13/h9,13H,7-8H2,1-6H3/t9-,12+/m0/s1. The highest BCUT2D eigenvalue weighted by molar-refractivity contribution is 5.06. The molecule has 0 bridgehead atoms. The van der Waals surface area contributed by atoms with Gasteiger partial charge in [0.15, 0.2) is 0 Å². The van der Waals surface area contributed by atoms with E-state index in [2.05, 4.69) is 27.7 Å². The third kappa shape index (κ3) is 1.70. The van der Waals surface area contributed by atoms with Crippen molar-refractivity contribution in [3.05, 3.63) is 0 Å². The van der Waals surface area contributed by atoms with E-state index in [0.717, 1.165) is 12.8 Å². The highest BCUT2D eigenvalue weighted by Gasteiger charge is 2.56. The summed E-state index contributed by atoms with van der Waals surface area (Å²) in [7, 11) is 0. The third-order valence-electron chi connectivity index (χ3n) is 3.51. The Bertz CT molecular complexity index is 193. The van der Waals surface area contributed by atoms with Gasteiger partial charge in [0, 0.05) is 0 Å². The van der Waals surface area contributed by atoms with E-state index in [1.807, 2.05) is 13.8 Å². The van der Waals surface area contributed by atoms with Gasteiger partial charge in [0.25, 0.3) is 0 Å². The summed E-state index contributed by atoms with van der Waals surface area (Å²) >= 11 is 0. The van der Waals surface area contributed by atoms with Crippen LogP contribution in [0.2, 0.25) is 0 Å². The highest BCUT2D eigenvalue weighted by atomic mass is 16.5. The quantitative estimate of drug-likeness (QED) is 0.705. The Morgan fingerprint density at radius 1 is 1.21 bits per heavy atom. The lowest BCUT2D eigenvalue weighted by atomic mass is 9.66. The van der Waals surface area contributed by atoms with Gasteiger partial charge in [-0.3, -0.25) is 0 Å².